The van der Waals surface area contributed by atoms with Gasteiger partial charge in [0, 0.05) is 11.6 Å². The number of aromatic nitrogens is 2. The van der Waals surface area contributed by atoms with Crippen molar-refractivity contribution in [2.45, 2.75) is 33.6 Å². The van der Waals surface area contributed by atoms with Crippen molar-refractivity contribution >= 4 is 23.5 Å². The number of nitrogens with one attached hydrogen (secondary N) is 1. The largest absolute Gasteiger partial charge is 0.481 e. The van der Waals surface area contributed by atoms with Crippen LogP contribution in [0.1, 0.15) is 43.2 Å². The summed E-state index contributed by atoms with van der Waals surface area (Å²) in [7, 11) is 0. The van der Waals surface area contributed by atoms with Gasteiger partial charge in [-0.1, -0.05) is 24.6 Å². The fourth-order valence-corrected chi connectivity index (χ4v) is 2.61. The highest BCUT2D eigenvalue weighted by atomic mass is 35.5. The molecule has 6 nitrogen and oxygen atoms in total. The predicted octanol–water partition coefficient (Wildman–Crippen LogP) is 3.32. The Morgan fingerprint density at radius 3 is 2.68 bits per heavy atom. The lowest BCUT2D eigenvalue weighted by Crippen LogP contribution is -2.32. The van der Waals surface area contributed by atoms with Crippen LogP contribution in [-0.4, -0.2) is 33.3 Å². The van der Waals surface area contributed by atoms with E-state index >= 15 is 0 Å². The summed E-state index contributed by atoms with van der Waals surface area (Å²) in [5, 5.41) is 16.8. The lowest BCUT2D eigenvalue weighted by atomic mass is 9.90. The molecule has 2 aromatic rings. The van der Waals surface area contributed by atoms with Crippen molar-refractivity contribution in [3.8, 4) is 5.69 Å². The fraction of sp³-hybridized carbons (Fsp3) is 0.389. The number of carboxylic acids is 1. The summed E-state index contributed by atoms with van der Waals surface area (Å²) in [4.78, 5) is 23.6. The van der Waals surface area contributed by atoms with E-state index in [0.29, 0.717) is 23.4 Å². The van der Waals surface area contributed by atoms with E-state index in [9.17, 15) is 9.59 Å². The molecule has 7 heteroatoms. The van der Waals surface area contributed by atoms with E-state index in [4.69, 9.17) is 16.7 Å². The van der Waals surface area contributed by atoms with E-state index in [-0.39, 0.29) is 12.5 Å². The third-order valence-corrected chi connectivity index (χ3v) is 4.35. The molecule has 0 aliphatic carbocycles. The lowest BCUT2D eigenvalue weighted by Gasteiger charge is -2.18. The smallest absolute Gasteiger partial charge is 0.309 e. The molecular weight excluding hydrogens is 342 g/mol. The van der Waals surface area contributed by atoms with Crippen LogP contribution in [0.25, 0.3) is 5.69 Å². The second-order valence-corrected chi connectivity index (χ2v) is 6.88. The first kappa shape index (κ1) is 19.0. The van der Waals surface area contributed by atoms with Crippen LogP contribution in [0, 0.1) is 5.41 Å². The summed E-state index contributed by atoms with van der Waals surface area (Å²) >= 11 is 6.03. The first-order valence-corrected chi connectivity index (χ1v) is 8.48. The van der Waals surface area contributed by atoms with Gasteiger partial charge in [0.05, 0.1) is 28.6 Å². The molecule has 0 saturated heterocycles. The van der Waals surface area contributed by atoms with Crippen molar-refractivity contribution in [2.24, 2.45) is 5.41 Å². The Bertz CT molecular complexity index is 784. The number of carbonyl (C=O) groups excluding carboxylic acids is 1. The molecule has 0 spiro atoms. The van der Waals surface area contributed by atoms with Crippen molar-refractivity contribution in [1.82, 2.24) is 15.1 Å². The average molecular weight is 364 g/mol. The summed E-state index contributed by atoms with van der Waals surface area (Å²) in [6.45, 7) is 5.50. The molecule has 0 bridgehead atoms. The zero-order chi connectivity index (χ0) is 18.6. The van der Waals surface area contributed by atoms with Gasteiger partial charge in [0.2, 0.25) is 0 Å². The number of benzene rings is 1. The zero-order valence-electron chi connectivity index (χ0n) is 14.5. The molecule has 0 atom stereocenters. The molecule has 0 saturated carbocycles. The molecule has 0 unspecified atom stereocenters. The maximum atomic E-state index is 12.5. The lowest BCUT2D eigenvalue weighted by molar-refractivity contribution is -0.147. The number of rotatable bonds is 7. The maximum absolute atomic E-state index is 12.5. The summed E-state index contributed by atoms with van der Waals surface area (Å²) in [6, 6.07) is 7.25. The van der Waals surface area contributed by atoms with Gasteiger partial charge in [0.25, 0.3) is 5.91 Å². The van der Waals surface area contributed by atoms with Gasteiger partial charge in [-0.2, -0.15) is 5.10 Å². The summed E-state index contributed by atoms with van der Waals surface area (Å²) in [5.74, 6) is -1.14. The van der Waals surface area contributed by atoms with Gasteiger partial charge >= 0.3 is 5.97 Å². The topological polar surface area (TPSA) is 84.2 Å². The molecule has 2 N–H and O–H groups in total. The average Bonchev–Trinajstić information content (AvgIpc) is 2.98. The quantitative estimate of drug-likeness (QED) is 0.790. The summed E-state index contributed by atoms with van der Waals surface area (Å²) in [6.07, 6.45) is 2.49. The normalized spacial score (nSPS) is 11.4. The van der Waals surface area contributed by atoms with Crippen molar-refractivity contribution < 1.29 is 14.7 Å². The number of hydrogen-bond acceptors (Lipinski definition) is 3. The van der Waals surface area contributed by atoms with Crippen LogP contribution < -0.4 is 5.32 Å². The fourth-order valence-electron chi connectivity index (χ4n) is 2.42. The minimum absolute atomic E-state index is 0.258. The molecule has 25 heavy (non-hydrogen) atoms. The van der Waals surface area contributed by atoms with Crippen LogP contribution in [-0.2, 0) is 11.2 Å². The molecular formula is C18H22ClN3O3. The Labute approximate surface area is 151 Å². The molecule has 2 rings (SSSR count). The van der Waals surface area contributed by atoms with E-state index in [1.54, 1.807) is 30.7 Å². The highest BCUT2D eigenvalue weighted by molar-refractivity contribution is 6.30. The molecule has 0 aliphatic heterocycles. The minimum atomic E-state index is -0.884. The van der Waals surface area contributed by atoms with Crippen LogP contribution in [0.4, 0.5) is 0 Å². The van der Waals surface area contributed by atoms with Crippen molar-refractivity contribution in [3.63, 3.8) is 0 Å². The molecule has 1 aromatic carbocycles. The van der Waals surface area contributed by atoms with Crippen LogP contribution in [0.15, 0.2) is 30.5 Å². The van der Waals surface area contributed by atoms with Crippen LogP contribution in [0.2, 0.25) is 5.02 Å². The molecule has 1 heterocycles. The predicted molar refractivity (Wildman–Crippen MR) is 96.3 cm³/mol. The number of halogens is 1. The molecule has 0 radical (unpaired) electrons. The first-order valence-electron chi connectivity index (χ1n) is 8.10. The van der Waals surface area contributed by atoms with Crippen LogP contribution >= 0.6 is 11.6 Å². The van der Waals surface area contributed by atoms with Gasteiger partial charge in [-0.15, -0.1) is 0 Å². The standard InChI is InChI=1S/C18H22ClN3O3/c1-4-15-14(16(23)20-9-8-18(2,3)17(24)25)11-21-22(15)13-7-5-6-12(19)10-13/h5-7,10-11H,4,8-9H2,1-3H3,(H,20,23)(H,24,25). The molecule has 1 aromatic heterocycles. The molecule has 0 aliphatic rings. The Balaban J connectivity index is 2.15. The molecule has 1 amide bonds. The Morgan fingerprint density at radius 2 is 2.08 bits per heavy atom. The number of carbonyl (C=O) groups is 2. The van der Waals surface area contributed by atoms with E-state index in [1.807, 2.05) is 19.1 Å². The van der Waals surface area contributed by atoms with Crippen molar-refractivity contribution in [2.75, 3.05) is 6.54 Å². The van der Waals surface area contributed by atoms with E-state index in [1.165, 1.54) is 6.20 Å². The van der Waals surface area contributed by atoms with E-state index in [0.717, 1.165) is 11.4 Å². The number of hydrogen-bond donors (Lipinski definition) is 2. The van der Waals surface area contributed by atoms with Crippen molar-refractivity contribution in [1.29, 1.82) is 0 Å². The first-order chi connectivity index (χ1) is 11.8. The van der Waals surface area contributed by atoms with Gasteiger partial charge in [-0.25, -0.2) is 4.68 Å². The monoisotopic (exact) mass is 363 g/mol. The minimum Gasteiger partial charge on any atom is -0.481 e. The second-order valence-electron chi connectivity index (χ2n) is 6.45. The number of carboxylic acid groups (broad SMARTS) is 1. The van der Waals surface area contributed by atoms with Gasteiger partial charge in [0.1, 0.15) is 0 Å². The number of amides is 1. The second kappa shape index (κ2) is 7.70. The Hall–Kier alpha value is -2.34. The highest BCUT2D eigenvalue weighted by Gasteiger charge is 2.27. The van der Waals surface area contributed by atoms with Crippen LogP contribution in [0.3, 0.4) is 0 Å². The third-order valence-electron chi connectivity index (χ3n) is 4.12. The van der Waals surface area contributed by atoms with Crippen LogP contribution in [0.5, 0.6) is 0 Å². The van der Waals surface area contributed by atoms with Gasteiger partial charge < -0.3 is 10.4 Å². The number of nitrogens with zero attached hydrogens (tertiary/aromatic N) is 2. The van der Waals surface area contributed by atoms with E-state index in [2.05, 4.69) is 10.4 Å². The molecule has 134 valence electrons. The van der Waals surface area contributed by atoms with Gasteiger partial charge in [-0.3, -0.25) is 9.59 Å². The van der Waals surface area contributed by atoms with Crippen molar-refractivity contribution in [3.05, 3.63) is 46.7 Å². The maximum Gasteiger partial charge on any atom is 0.309 e. The van der Waals surface area contributed by atoms with Gasteiger partial charge in [0.15, 0.2) is 0 Å². The Kier molecular flexibility index (Phi) is 5.85. The zero-order valence-corrected chi connectivity index (χ0v) is 15.3. The molecule has 0 fully saturated rings. The van der Waals surface area contributed by atoms with Gasteiger partial charge in [-0.05, 0) is 44.9 Å². The van der Waals surface area contributed by atoms with E-state index < -0.39 is 11.4 Å². The summed E-state index contributed by atoms with van der Waals surface area (Å²) in [5.41, 5.74) is 1.16. The highest BCUT2D eigenvalue weighted by Crippen LogP contribution is 2.21. The SMILES string of the molecule is CCc1c(C(=O)NCCC(C)(C)C(=O)O)cnn1-c1cccc(Cl)c1. The third kappa shape index (κ3) is 4.39. The number of aliphatic carboxylic acids is 1. The summed E-state index contributed by atoms with van der Waals surface area (Å²) < 4.78 is 1.70. The Morgan fingerprint density at radius 1 is 1.36 bits per heavy atom.